The molecule has 1 aromatic heterocycles. The molecule has 132 valence electrons. The zero-order valence-corrected chi connectivity index (χ0v) is 14.9. The van der Waals surface area contributed by atoms with E-state index in [-0.39, 0.29) is 0 Å². The maximum absolute atomic E-state index is 12.8. The van der Waals surface area contributed by atoms with Gasteiger partial charge >= 0.3 is 5.97 Å². The molecule has 5 nitrogen and oxygen atoms in total. The summed E-state index contributed by atoms with van der Waals surface area (Å²) < 4.78 is 10.7. The molecule has 0 saturated heterocycles. The van der Waals surface area contributed by atoms with Crippen LogP contribution in [0.4, 0.5) is 5.69 Å². The maximum atomic E-state index is 12.8. The molecular weight excluding hydrogens is 350 g/mol. The fraction of sp³-hybridized carbons (Fsp3) is 0.100. The Labute approximate surface area is 155 Å². The Balaban J connectivity index is 1.82. The van der Waals surface area contributed by atoms with Gasteiger partial charge < -0.3 is 14.8 Å². The highest BCUT2D eigenvalue weighted by molar-refractivity contribution is 7.11. The molecule has 0 aliphatic carbocycles. The number of anilines is 1. The van der Waals surface area contributed by atoms with E-state index in [1.165, 1.54) is 11.3 Å². The van der Waals surface area contributed by atoms with Crippen LogP contribution in [0.1, 0.15) is 21.3 Å². The van der Waals surface area contributed by atoms with Gasteiger partial charge in [-0.2, -0.15) is 0 Å². The van der Waals surface area contributed by atoms with Crippen molar-refractivity contribution < 1.29 is 19.1 Å². The number of carbonyl (C=O) groups excluding carboxylic acids is 2. The van der Waals surface area contributed by atoms with Crippen LogP contribution in [0.3, 0.4) is 0 Å². The van der Waals surface area contributed by atoms with Crippen molar-refractivity contribution in [2.45, 2.75) is 6.10 Å². The zero-order valence-electron chi connectivity index (χ0n) is 14.0. The number of hydrogen-bond acceptors (Lipinski definition) is 5. The number of thiophene rings is 1. The number of esters is 1. The van der Waals surface area contributed by atoms with Crippen molar-refractivity contribution in [3.8, 4) is 5.75 Å². The number of rotatable bonds is 6. The molecule has 3 rings (SSSR count). The maximum Gasteiger partial charge on any atom is 0.349 e. The lowest BCUT2D eigenvalue weighted by Crippen LogP contribution is -2.25. The third kappa shape index (κ3) is 4.29. The standard InChI is InChI=1S/C20H17NO4S/c1-24-16-10-5-9-15(13-16)21-19(22)18(14-7-3-2-4-8-14)25-20(23)17-11-6-12-26-17/h2-13,18H,1H3,(H,21,22)/t18-/m0/s1. The number of methoxy groups -OCH3 is 1. The normalized spacial score (nSPS) is 11.4. The Hall–Kier alpha value is -3.12. The Bertz CT molecular complexity index is 878. The molecule has 3 aromatic rings. The summed E-state index contributed by atoms with van der Waals surface area (Å²) >= 11 is 1.27. The third-order valence-corrected chi connectivity index (χ3v) is 4.47. The summed E-state index contributed by atoms with van der Waals surface area (Å²) in [5, 5.41) is 4.56. The van der Waals surface area contributed by atoms with E-state index in [0.717, 1.165) is 0 Å². The number of amides is 1. The molecule has 1 N–H and O–H groups in total. The van der Waals surface area contributed by atoms with E-state index in [2.05, 4.69) is 5.32 Å². The molecular formula is C20H17NO4S. The molecule has 2 aromatic carbocycles. The van der Waals surface area contributed by atoms with Gasteiger partial charge in [-0.05, 0) is 23.6 Å². The largest absolute Gasteiger partial charge is 0.497 e. The van der Waals surface area contributed by atoms with Crippen LogP contribution in [0.15, 0.2) is 72.1 Å². The average Bonchev–Trinajstić information content (AvgIpc) is 3.21. The van der Waals surface area contributed by atoms with Gasteiger partial charge in [0.1, 0.15) is 10.6 Å². The highest BCUT2D eigenvalue weighted by atomic mass is 32.1. The molecule has 0 saturated carbocycles. The quantitative estimate of drug-likeness (QED) is 0.660. The second-order valence-electron chi connectivity index (χ2n) is 5.39. The molecule has 1 heterocycles. The first-order valence-corrected chi connectivity index (χ1v) is 8.79. The van der Waals surface area contributed by atoms with Gasteiger partial charge in [0.25, 0.3) is 5.91 Å². The summed E-state index contributed by atoms with van der Waals surface area (Å²) in [4.78, 5) is 25.6. The van der Waals surface area contributed by atoms with E-state index in [0.29, 0.717) is 21.9 Å². The van der Waals surface area contributed by atoms with Gasteiger partial charge in [0, 0.05) is 17.3 Å². The monoisotopic (exact) mass is 367 g/mol. The summed E-state index contributed by atoms with van der Waals surface area (Å²) in [5.41, 5.74) is 1.15. The first-order valence-electron chi connectivity index (χ1n) is 7.92. The molecule has 0 spiro atoms. The molecule has 0 aliphatic rings. The van der Waals surface area contributed by atoms with E-state index in [1.807, 2.05) is 6.07 Å². The van der Waals surface area contributed by atoms with Gasteiger partial charge in [-0.1, -0.05) is 42.5 Å². The Morgan fingerprint density at radius 3 is 2.50 bits per heavy atom. The number of ether oxygens (including phenoxy) is 2. The smallest absolute Gasteiger partial charge is 0.349 e. The summed E-state index contributed by atoms with van der Waals surface area (Å²) in [6.07, 6.45) is -1.06. The van der Waals surface area contributed by atoms with Crippen molar-refractivity contribution in [3.05, 3.63) is 82.6 Å². The van der Waals surface area contributed by atoms with Crippen molar-refractivity contribution in [2.75, 3.05) is 12.4 Å². The number of carbonyl (C=O) groups is 2. The van der Waals surface area contributed by atoms with Crippen LogP contribution in [-0.4, -0.2) is 19.0 Å². The molecule has 0 bridgehead atoms. The topological polar surface area (TPSA) is 64.6 Å². The first-order chi connectivity index (χ1) is 12.7. The fourth-order valence-electron chi connectivity index (χ4n) is 2.37. The Morgan fingerprint density at radius 1 is 1.00 bits per heavy atom. The van der Waals surface area contributed by atoms with Gasteiger partial charge in [-0.25, -0.2) is 4.79 Å². The summed E-state index contributed by atoms with van der Waals surface area (Å²) in [6, 6.07) is 19.3. The van der Waals surface area contributed by atoms with E-state index in [4.69, 9.17) is 9.47 Å². The lowest BCUT2D eigenvalue weighted by atomic mass is 10.1. The minimum atomic E-state index is -1.06. The van der Waals surface area contributed by atoms with Gasteiger partial charge in [0.05, 0.1) is 7.11 Å². The molecule has 1 atom stereocenters. The third-order valence-electron chi connectivity index (χ3n) is 3.62. The number of hydrogen-bond donors (Lipinski definition) is 1. The van der Waals surface area contributed by atoms with Crippen molar-refractivity contribution in [3.63, 3.8) is 0 Å². The Kier molecular flexibility index (Phi) is 5.66. The van der Waals surface area contributed by atoms with Crippen LogP contribution in [0.2, 0.25) is 0 Å². The second-order valence-corrected chi connectivity index (χ2v) is 6.34. The molecule has 26 heavy (non-hydrogen) atoms. The van der Waals surface area contributed by atoms with Gasteiger partial charge in [0.2, 0.25) is 6.10 Å². The summed E-state index contributed by atoms with van der Waals surface area (Å²) in [7, 11) is 1.55. The lowest BCUT2D eigenvalue weighted by Gasteiger charge is -2.18. The summed E-state index contributed by atoms with van der Waals surface area (Å²) in [6.45, 7) is 0. The highest BCUT2D eigenvalue weighted by Gasteiger charge is 2.26. The van der Waals surface area contributed by atoms with Crippen molar-refractivity contribution in [2.24, 2.45) is 0 Å². The predicted octanol–water partition coefficient (Wildman–Crippen LogP) is 4.29. The highest BCUT2D eigenvalue weighted by Crippen LogP contribution is 2.24. The number of nitrogens with one attached hydrogen (secondary N) is 1. The van der Waals surface area contributed by atoms with E-state index in [1.54, 1.807) is 73.2 Å². The average molecular weight is 367 g/mol. The van der Waals surface area contributed by atoms with Crippen LogP contribution >= 0.6 is 11.3 Å². The van der Waals surface area contributed by atoms with Gasteiger partial charge in [-0.3, -0.25) is 4.79 Å². The van der Waals surface area contributed by atoms with E-state index in [9.17, 15) is 9.59 Å². The van der Waals surface area contributed by atoms with Crippen molar-refractivity contribution in [1.82, 2.24) is 0 Å². The molecule has 6 heteroatoms. The first kappa shape index (κ1) is 17.7. The van der Waals surface area contributed by atoms with Crippen molar-refractivity contribution >= 4 is 28.9 Å². The minimum Gasteiger partial charge on any atom is -0.497 e. The van der Waals surface area contributed by atoms with Crippen molar-refractivity contribution in [1.29, 1.82) is 0 Å². The predicted molar refractivity (Wildman–Crippen MR) is 101 cm³/mol. The van der Waals surface area contributed by atoms with Crippen LogP contribution in [0.5, 0.6) is 5.75 Å². The molecule has 1 amide bonds. The zero-order chi connectivity index (χ0) is 18.4. The fourth-order valence-corrected chi connectivity index (χ4v) is 2.97. The minimum absolute atomic E-state index is 0.436. The second kappa shape index (κ2) is 8.31. The van der Waals surface area contributed by atoms with Gasteiger partial charge in [-0.15, -0.1) is 11.3 Å². The molecule has 0 unspecified atom stereocenters. The van der Waals surface area contributed by atoms with Crippen LogP contribution in [0, 0.1) is 0 Å². The summed E-state index contributed by atoms with van der Waals surface area (Å²) in [5.74, 6) is -0.348. The lowest BCUT2D eigenvalue weighted by molar-refractivity contribution is -0.125. The SMILES string of the molecule is COc1cccc(NC(=O)[C@@H](OC(=O)c2cccs2)c2ccccc2)c1. The Morgan fingerprint density at radius 2 is 1.81 bits per heavy atom. The van der Waals surface area contributed by atoms with Gasteiger partial charge in [0.15, 0.2) is 0 Å². The molecule has 0 radical (unpaired) electrons. The van der Waals surface area contributed by atoms with Crippen LogP contribution in [-0.2, 0) is 9.53 Å². The molecule has 0 aliphatic heterocycles. The molecule has 0 fully saturated rings. The van der Waals surface area contributed by atoms with E-state index >= 15 is 0 Å². The number of benzene rings is 2. The van der Waals surface area contributed by atoms with Crippen LogP contribution in [0.25, 0.3) is 0 Å². The van der Waals surface area contributed by atoms with E-state index < -0.39 is 18.0 Å². The van der Waals surface area contributed by atoms with Crippen LogP contribution < -0.4 is 10.1 Å².